The SMILES string of the molecule is NCC(C[P+](=O)CO)C(=O)O. The molecule has 11 heavy (non-hydrogen) atoms. The first-order chi connectivity index (χ1) is 5.11. The number of aliphatic hydroxyl groups excluding tert-OH is 1. The highest BCUT2D eigenvalue weighted by Gasteiger charge is 2.26. The Hall–Kier alpha value is -0.510. The number of hydrogen-bond donors (Lipinski definition) is 3. The maximum Gasteiger partial charge on any atom is 0.367 e. The van der Waals surface area contributed by atoms with Gasteiger partial charge in [-0.1, -0.05) is 4.57 Å². The van der Waals surface area contributed by atoms with E-state index < -0.39 is 26.0 Å². The molecule has 0 aromatic carbocycles. The van der Waals surface area contributed by atoms with Crippen molar-refractivity contribution in [2.45, 2.75) is 0 Å². The molecular formula is C5H11NO4P+. The van der Waals surface area contributed by atoms with Crippen LogP contribution in [0.4, 0.5) is 0 Å². The van der Waals surface area contributed by atoms with E-state index >= 15 is 0 Å². The molecular weight excluding hydrogens is 169 g/mol. The van der Waals surface area contributed by atoms with Crippen LogP contribution in [0.5, 0.6) is 0 Å². The Labute approximate surface area is 65.0 Å². The van der Waals surface area contributed by atoms with Crippen molar-refractivity contribution in [1.82, 2.24) is 0 Å². The summed E-state index contributed by atoms with van der Waals surface area (Å²) in [6, 6.07) is 0. The van der Waals surface area contributed by atoms with Crippen molar-refractivity contribution in [3.8, 4) is 0 Å². The van der Waals surface area contributed by atoms with Gasteiger partial charge in [-0.15, -0.1) is 0 Å². The van der Waals surface area contributed by atoms with Crippen LogP contribution in [-0.4, -0.2) is 35.2 Å². The zero-order valence-electron chi connectivity index (χ0n) is 5.93. The number of hydrogen-bond acceptors (Lipinski definition) is 4. The quantitative estimate of drug-likeness (QED) is 0.491. The molecule has 2 atom stereocenters. The Morgan fingerprint density at radius 3 is 2.45 bits per heavy atom. The molecule has 0 heterocycles. The lowest BCUT2D eigenvalue weighted by Gasteiger charge is -2.00. The maximum absolute atomic E-state index is 10.7. The normalized spacial score (nSPS) is 14.2. The Balaban J connectivity index is 3.88. The fourth-order valence-electron chi connectivity index (χ4n) is 0.557. The topological polar surface area (TPSA) is 101 Å². The van der Waals surface area contributed by atoms with Gasteiger partial charge >= 0.3 is 13.8 Å². The molecule has 0 rings (SSSR count). The van der Waals surface area contributed by atoms with Crippen LogP contribution in [0.25, 0.3) is 0 Å². The van der Waals surface area contributed by atoms with Gasteiger partial charge in [-0.2, -0.15) is 0 Å². The first-order valence-electron chi connectivity index (χ1n) is 3.07. The zero-order valence-corrected chi connectivity index (χ0v) is 6.83. The average molecular weight is 180 g/mol. The predicted octanol–water partition coefficient (Wildman–Crippen LogP) is -0.577. The van der Waals surface area contributed by atoms with Gasteiger partial charge in [-0.3, -0.25) is 4.79 Å². The Morgan fingerprint density at radius 1 is 1.64 bits per heavy atom. The van der Waals surface area contributed by atoms with Gasteiger partial charge in [0.15, 0.2) is 6.16 Å². The summed E-state index contributed by atoms with van der Waals surface area (Å²) in [6.45, 7) is -0.0452. The first-order valence-corrected chi connectivity index (χ1v) is 4.70. The zero-order chi connectivity index (χ0) is 8.85. The van der Waals surface area contributed by atoms with Crippen LogP contribution in [0.3, 0.4) is 0 Å². The lowest BCUT2D eigenvalue weighted by atomic mass is 10.2. The van der Waals surface area contributed by atoms with Crippen molar-refractivity contribution in [3.63, 3.8) is 0 Å². The monoisotopic (exact) mass is 180 g/mol. The van der Waals surface area contributed by atoms with E-state index in [0.29, 0.717) is 0 Å². The van der Waals surface area contributed by atoms with Crippen molar-refractivity contribution in [3.05, 3.63) is 0 Å². The van der Waals surface area contributed by atoms with Crippen molar-refractivity contribution < 1.29 is 19.6 Å². The molecule has 0 aliphatic rings. The minimum atomic E-state index is -1.81. The second-order valence-corrected chi connectivity index (χ2v) is 3.69. The van der Waals surface area contributed by atoms with Gasteiger partial charge in [0.25, 0.3) is 0 Å². The minimum absolute atomic E-state index is 0.0440. The van der Waals surface area contributed by atoms with E-state index in [1.165, 1.54) is 0 Å². The maximum atomic E-state index is 10.7. The molecule has 0 aromatic heterocycles. The van der Waals surface area contributed by atoms with Crippen molar-refractivity contribution >= 4 is 13.8 Å². The third-order valence-electron chi connectivity index (χ3n) is 1.22. The Morgan fingerprint density at radius 2 is 2.18 bits per heavy atom. The Bertz CT molecular complexity index is 161. The lowest BCUT2D eigenvalue weighted by Crippen LogP contribution is -2.25. The van der Waals surface area contributed by atoms with E-state index in [4.69, 9.17) is 15.9 Å². The molecule has 64 valence electrons. The fourth-order valence-corrected chi connectivity index (χ4v) is 1.47. The van der Waals surface area contributed by atoms with Crippen LogP contribution in [0, 0.1) is 5.92 Å². The number of carbonyl (C=O) groups is 1. The van der Waals surface area contributed by atoms with Gasteiger partial charge in [0, 0.05) is 6.54 Å². The number of aliphatic carboxylic acids is 1. The molecule has 0 radical (unpaired) electrons. The summed E-state index contributed by atoms with van der Waals surface area (Å²) in [5.41, 5.74) is 5.09. The average Bonchev–Trinajstić information content (AvgIpc) is 1.99. The van der Waals surface area contributed by atoms with Gasteiger partial charge in [0.1, 0.15) is 5.92 Å². The van der Waals surface area contributed by atoms with Gasteiger partial charge < -0.3 is 15.9 Å². The summed E-state index contributed by atoms with van der Waals surface area (Å²) < 4.78 is 10.7. The summed E-state index contributed by atoms with van der Waals surface area (Å²) in [6.07, 6.45) is -0.517. The standard InChI is InChI=1S/C5H10NO4P/c6-1-4(5(8)9)2-11(10)3-7/h4,7H,1-3,6H2/p+1. The van der Waals surface area contributed by atoms with Crippen molar-refractivity contribution in [2.24, 2.45) is 11.7 Å². The summed E-state index contributed by atoms with van der Waals surface area (Å²) in [4.78, 5) is 10.3. The van der Waals surface area contributed by atoms with E-state index in [-0.39, 0.29) is 12.7 Å². The van der Waals surface area contributed by atoms with E-state index in [9.17, 15) is 9.36 Å². The molecule has 0 aliphatic heterocycles. The number of rotatable bonds is 5. The van der Waals surface area contributed by atoms with E-state index in [1.54, 1.807) is 0 Å². The molecule has 0 amide bonds. The number of carboxylic acids is 1. The van der Waals surface area contributed by atoms with Crippen molar-refractivity contribution in [2.75, 3.05) is 19.1 Å². The molecule has 5 nitrogen and oxygen atoms in total. The van der Waals surface area contributed by atoms with E-state index in [1.807, 2.05) is 0 Å². The molecule has 0 spiro atoms. The van der Waals surface area contributed by atoms with Crippen LogP contribution >= 0.6 is 7.80 Å². The largest absolute Gasteiger partial charge is 0.481 e. The summed E-state index contributed by atoms with van der Waals surface area (Å²) in [5.74, 6) is -1.87. The van der Waals surface area contributed by atoms with Crippen LogP contribution < -0.4 is 5.73 Å². The predicted molar refractivity (Wildman–Crippen MR) is 39.7 cm³/mol. The summed E-state index contributed by atoms with van der Waals surface area (Å²) in [5, 5.41) is 16.8. The second kappa shape index (κ2) is 5.18. The molecule has 6 heteroatoms. The molecule has 0 bridgehead atoms. The van der Waals surface area contributed by atoms with Crippen LogP contribution in [0.1, 0.15) is 0 Å². The van der Waals surface area contributed by atoms with Crippen molar-refractivity contribution in [1.29, 1.82) is 0 Å². The fraction of sp³-hybridized carbons (Fsp3) is 0.800. The molecule has 0 aliphatic carbocycles. The van der Waals surface area contributed by atoms with E-state index in [0.717, 1.165) is 0 Å². The highest BCUT2D eigenvalue weighted by atomic mass is 31.1. The summed E-state index contributed by atoms with van der Waals surface area (Å²) >= 11 is 0. The molecule has 0 saturated carbocycles. The van der Waals surface area contributed by atoms with Crippen LogP contribution in [-0.2, 0) is 9.36 Å². The third-order valence-corrected chi connectivity index (χ3v) is 2.38. The minimum Gasteiger partial charge on any atom is -0.481 e. The second-order valence-electron chi connectivity index (χ2n) is 2.08. The third kappa shape index (κ3) is 4.03. The molecule has 0 fully saturated rings. The smallest absolute Gasteiger partial charge is 0.367 e. The molecule has 0 aromatic rings. The van der Waals surface area contributed by atoms with E-state index in [2.05, 4.69) is 0 Å². The van der Waals surface area contributed by atoms with Gasteiger partial charge in [-0.25, -0.2) is 0 Å². The Kier molecular flexibility index (Phi) is 4.94. The number of aliphatic hydroxyl groups is 1. The van der Waals surface area contributed by atoms with Crippen LogP contribution in [0.2, 0.25) is 0 Å². The highest BCUT2D eigenvalue weighted by Crippen LogP contribution is 2.21. The van der Waals surface area contributed by atoms with Crippen LogP contribution in [0.15, 0.2) is 0 Å². The van der Waals surface area contributed by atoms with Gasteiger partial charge in [0.2, 0.25) is 6.35 Å². The first kappa shape index (κ1) is 10.5. The van der Waals surface area contributed by atoms with Gasteiger partial charge in [-0.05, 0) is 0 Å². The van der Waals surface area contributed by atoms with Gasteiger partial charge in [0.05, 0.1) is 0 Å². The molecule has 0 saturated heterocycles. The summed E-state index contributed by atoms with van der Waals surface area (Å²) in [7, 11) is -1.81. The number of carboxylic acid groups (broad SMARTS) is 1. The molecule has 2 unspecified atom stereocenters. The molecule has 4 N–H and O–H groups in total. The lowest BCUT2D eigenvalue weighted by molar-refractivity contribution is -0.140. The highest BCUT2D eigenvalue weighted by molar-refractivity contribution is 7.44. The number of nitrogens with two attached hydrogens (primary N) is 1.